The third kappa shape index (κ3) is 4.46. The Morgan fingerprint density at radius 2 is 1.86 bits per heavy atom. The van der Waals surface area contributed by atoms with E-state index in [1.807, 2.05) is 26.0 Å². The first kappa shape index (κ1) is 16.3. The highest BCUT2D eigenvalue weighted by molar-refractivity contribution is 5.83. The lowest BCUT2D eigenvalue weighted by atomic mass is 10.1. The van der Waals surface area contributed by atoms with Crippen molar-refractivity contribution in [2.24, 2.45) is 5.92 Å². The fraction of sp³-hybridized carbons (Fsp3) is 0.389. The van der Waals surface area contributed by atoms with Gasteiger partial charge in [0.2, 0.25) is 0 Å². The van der Waals surface area contributed by atoms with Crippen molar-refractivity contribution in [3.8, 4) is 0 Å². The zero-order valence-corrected chi connectivity index (χ0v) is 13.2. The predicted molar refractivity (Wildman–Crippen MR) is 89.9 cm³/mol. The molecule has 2 aromatic carbocycles. The van der Waals surface area contributed by atoms with Crippen LogP contribution in [0.3, 0.4) is 0 Å². The summed E-state index contributed by atoms with van der Waals surface area (Å²) in [7, 11) is 0. The van der Waals surface area contributed by atoms with Gasteiger partial charge in [0.15, 0.2) is 0 Å². The molecule has 0 aliphatic carbocycles. The third-order valence-corrected chi connectivity index (χ3v) is 4.01. The van der Waals surface area contributed by atoms with Gasteiger partial charge < -0.3 is 15.7 Å². The molecule has 0 saturated heterocycles. The highest BCUT2D eigenvalue weighted by Crippen LogP contribution is 2.15. The Hall–Kier alpha value is -2.07. The van der Waals surface area contributed by atoms with E-state index in [9.17, 15) is 4.79 Å². The average Bonchev–Trinajstić information content (AvgIpc) is 2.53. The zero-order valence-electron chi connectivity index (χ0n) is 13.2. The molecule has 0 fully saturated rings. The molecule has 0 saturated carbocycles. The van der Waals surface area contributed by atoms with Crippen LogP contribution in [0.25, 0.3) is 10.8 Å². The van der Waals surface area contributed by atoms with Gasteiger partial charge in [0, 0.05) is 19.2 Å². The molecule has 0 aliphatic heterocycles. The average molecular weight is 300 g/mol. The first-order chi connectivity index (χ1) is 10.6. The molecular formula is C18H24N2O2. The monoisotopic (exact) mass is 300 g/mol. The van der Waals surface area contributed by atoms with E-state index in [0.717, 1.165) is 6.42 Å². The van der Waals surface area contributed by atoms with E-state index < -0.39 is 0 Å². The van der Waals surface area contributed by atoms with Gasteiger partial charge >= 0.3 is 6.03 Å². The van der Waals surface area contributed by atoms with Crippen LogP contribution < -0.4 is 10.6 Å². The second kappa shape index (κ2) is 7.80. The van der Waals surface area contributed by atoms with Crippen molar-refractivity contribution >= 4 is 16.8 Å². The summed E-state index contributed by atoms with van der Waals surface area (Å²) in [5.41, 5.74) is 1.20. The maximum Gasteiger partial charge on any atom is 0.315 e. The maximum atomic E-state index is 11.8. The summed E-state index contributed by atoms with van der Waals surface area (Å²) in [6.45, 7) is 4.45. The van der Waals surface area contributed by atoms with Crippen LogP contribution in [0.1, 0.15) is 19.4 Å². The number of benzene rings is 2. The Balaban J connectivity index is 1.81. The number of carbonyl (C=O) groups excluding carboxylic acids is 1. The van der Waals surface area contributed by atoms with Gasteiger partial charge in [-0.05, 0) is 35.6 Å². The van der Waals surface area contributed by atoms with Crippen LogP contribution in [0.15, 0.2) is 42.5 Å². The van der Waals surface area contributed by atoms with Gasteiger partial charge in [0.1, 0.15) is 0 Å². The first-order valence-electron chi connectivity index (χ1n) is 7.73. The van der Waals surface area contributed by atoms with Crippen LogP contribution >= 0.6 is 0 Å². The van der Waals surface area contributed by atoms with Crippen LogP contribution in [0, 0.1) is 5.92 Å². The van der Waals surface area contributed by atoms with E-state index in [1.165, 1.54) is 16.3 Å². The minimum atomic E-state index is -0.186. The topological polar surface area (TPSA) is 61.4 Å². The molecule has 2 aromatic rings. The number of aliphatic hydroxyl groups excluding tert-OH is 1. The van der Waals surface area contributed by atoms with E-state index in [2.05, 4.69) is 41.0 Å². The molecule has 2 amide bonds. The SMILES string of the molecule is CC(CO)C(C)NC(=O)NCCc1ccc2ccccc2c1. The van der Waals surface area contributed by atoms with Crippen molar-refractivity contribution in [2.45, 2.75) is 26.3 Å². The summed E-state index contributed by atoms with van der Waals surface area (Å²) < 4.78 is 0. The van der Waals surface area contributed by atoms with Crippen LogP contribution in [-0.2, 0) is 6.42 Å². The third-order valence-electron chi connectivity index (χ3n) is 4.01. The van der Waals surface area contributed by atoms with Crippen LogP contribution in [0.4, 0.5) is 4.79 Å². The number of nitrogens with one attached hydrogen (secondary N) is 2. The van der Waals surface area contributed by atoms with E-state index >= 15 is 0 Å². The Labute approximate surface area is 131 Å². The molecule has 118 valence electrons. The summed E-state index contributed by atoms with van der Waals surface area (Å²) in [5.74, 6) is 0.0474. The standard InChI is InChI=1S/C18H24N2O2/c1-13(12-21)14(2)20-18(22)19-10-9-15-7-8-16-5-3-4-6-17(16)11-15/h3-8,11,13-14,21H,9-10,12H2,1-2H3,(H2,19,20,22). The van der Waals surface area contributed by atoms with E-state index in [4.69, 9.17) is 5.11 Å². The molecule has 2 rings (SSSR count). The number of urea groups is 1. The van der Waals surface area contributed by atoms with Crippen molar-refractivity contribution in [3.63, 3.8) is 0 Å². The van der Waals surface area contributed by atoms with Crippen LogP contribution in [0.5, 0.6) is 0 Å². The molecular weight excluding hydrogens is 276 g/mol. The molecule has 2 unspecified atom stereocenters. The van der Waals surface area contributed by atoms with Gasteiger partial charge in [0.25, 0.3) is 0 Å². The lowest BCUT2D eigenvalue weighted by Gasteiger charge is -2.19. The van der Waals surface area contributed by atoms with Gasteiger partial charge in [-0.1, -0.05) is 49.4 Å². The first-order valence-corrected chi connectivity index (χ1v) is 7.73. The molecule has 4 nitrogen and oxygen atoms in total. The Morgan fingerprint density at radius 3 is 2.59 bits per heavy atom. The summed E-state index contributed by atoms with van der Waals surface area (Å²) in [6, 6.07) is 14.4. The molecule has 0 radical (unpaired) electrons. The second-order valence-corrected chi connectivity index (χ2v) is 5.78. The highest BCUT2D eigenvalue weighted by Gasteiger charge is 2.13. The number of hydrogen-bond donors (Lipinski definition) is 3. The molecule has 0 spiro atoms. The van der Waals surface area contributed by atoms with Crippen LogP contribution in [-0.4, -0.2) is 30.3 Å². The normalized spacial score (nSPS) is 13.6. The van der Waals surface area contributed by atoms with E-state index in [-0.39, 0.29) is 24.6 Å². The van der Waals surface area contributed by atoms with Gasteiger partial charge in [-0.2, -0.15) is 0 Å². The Bertz CT molecular complexity index is 627. The van der Waals surface area contributed by atoms with E-state index in [1.54, 1.807) is 0 Å². The minimum Gasteiger partial charge on any atom is -0.396 e. The van der Waals surface area contributed by atoms with Crippen molar-refractivity contribution in [2.75, 3.05) is 13.2 Å². The number of hydrogen-bond acceptors (Lipinski definition) is 2. The Morgan fingerprint density at radius 1 is 1.14 bits per heavy atom. The molecule has 3 N–H and O–H groups in total. The fourth-order valence-electron chi connectivity index (χ4n) is 2.27. The molecule has 22 heavy (non-hydrogen) atoms. The van der Waals surface area contributed by atoms with Crippen molar-refractivity contribution in [1.29, 1.82) is 0 Å². The van der Waals surface area contributed by atoms with Gasteiger partial charge in [-0.15, -0.1) is 0 Å². The minimum absolute atomic E-state index is 0.0474. The summed E-state index contributed by atoms with van der Waals surface area (Å²) >= 11 is 0. The van der Waals surface area contributed by atoms with Crippen molar-refractivity contribution in [1.82, 2.24) is 10.6 Å². The predicted octanol–water partition coefficient (Wildman–Crippen LogP) is 2.70. The Kier molecular flexibility index (Phi) is 5.78. The number of amides is 2. The number of fused-ring (bicyclic) bond motifs is 1. The summed E-state index contributed by atoms with van der Waals surface area (Å²) in [5, 5.41) is 17.2. The zero-order chi connectivity index (χ0) is 15.9. The van der Waals surface area contributed by atoms with E-state index in [0.29, 0.717) is 6.54 Å². The molecule has 0 bridgehead atoms. The molecule has 0 heterocycles. The highest BCUT2D eigenvalue weighted by atomic mass is 16.3. The van der Waals surface area contributed by atoms with Crippen LogP contribution in [0.2, 0.25) is 0 Å². The van der Waals surface area contributed by atoms with Crippen molar-refractivity contribution < 1.29 is 9.90 Å². The molecule has 4 heteroatoms. The lowest BCUT2D eigenvalue weighted by Crippen LogP contribution is -2.44. The number of carbonyl (C=O) groups is 1. The maximum absolute atomic E-state index is 11.8. The fourth-order valence-corrected chi connectivity index (χ4v) is 2.27. The molecule has 0 aromatic heterocycles. The quantitative estimate of drug-likeness (QED) is 0.768. The van der Waals surface area contributed by atoms with Gasteiger partial charge in [-0.3, -0.25) is 0 Å². The van der Waals surface area contributed by atoms with Crippen molar-refractivity contribution in [3.05, 3.63) is 48.0 Å². The summed E-state index contributed by atoms with van der Waals surface area (Å²) in [6.07, 6.45) is 0.794. The van der Waals surface area contributed by atoms with Gasteiger partial charge in [-0.25, -0.2) is 4.79 Å². The molecule has 2 atom stereocenters. The summed E-state index contributed by atoms with van der Waals surface area (Å²) in [4.78, 5) is 11.8. The van der Waals surface area contributed by atoms with Gasteiger partial charge in [0.05, 0.1) is 0 Å². The molecule has 0 aliphatic rings. The number of aliphatic hydroxyl groups is 1. The number of rotatable bonds is 6. The lowest BCUT2D eigenvalue weighted by molar-refractivity contribution is 0.200. The smallest absolute Gasteiger partial charge is 0.315 e. The largest absolute Gasteiger partial charge is 0.396 e. The second-order valence-electron chi connectivity index (χ2n) is 5.78.